The van der Waals surface area contributed by atoms with E-state index in [-0.39, 0.29) is 97.2 Å². The number of hydrogen-bond acceptors (Lipinski definition) is 18. The second-order valence-electron chi connectivity index (χ2n) is 18.4. The largest absolute Gasteiger partial charge is 0.780 e. The molecule has 3 N–H and O–H groups in total. The number of para-hydroxylation sites is 1. The van der Waals surface area contributed by atoms with E-state index in [9.17, 15) is 29.2 Å². The number of carbonyl (C=O) groups is 3. The number of hydrogen-bond donors (Lipinski definition) is 3. The summed E-state index contributed by atoms with van der Waals surface area (Å²) < 4.78 is 51.7. The van der Waals surface area contributed by atoms with E-state index in [1.165, 1.54) is 24.3 Å². The smallest absolute Gasteiger partial charge is 0.251 e. The molecule has 0 saturated heterocycles. The summed E-state index contributed by atoms with van der Waals surface area (Å²) >= 11 is 4.82. The van der Waals surface area contributed by atoms with Crippen molar-refractivity contribution >= 4 is 52.9 Å². The lowest BCUT2D eigenvalue weighted by Crippen LogP contribution is -2.33. The van der Waals surface area contributed by atoms with Crippen LogP contribution in [0.5, 0.6) is 11.5 Å². The van der Waals surface area contributed by atoms with E-state index in [1.807, 2.05) is 48.5 Å². The third-order valence-corrected chi connectivity index (χ3v) is 14.4. The van der Waals surface area contributed by atoms with Gasteiger partial charge in [-0.05, 0) is 55.7 Å². The van der Waals surface area contributed by atoms with Crippen molar-refractivity contribution in [3.05, 3.63) is 125 Å². The number of nitrogens with one attached hydrogen (secondary N) is 2. The molecule has 1 aliphatic heterocycles. The van der Waals surface area contributed by atoms with Crippen molar-refractivity contribution in [3.8, 4) is 45.3 Å². The molecule has 2 aromatic heterocycles. The van der Waals surface area contributed by atoms with Crippen molar-refractivity contribution < 1.29 is 66.3 Å². The van der Waals surface area contributed by atoms with Crippen molar-refractivity contribution in [2.45, 2.75) is 58.5 Å². The van der Waals surface area contributed by atoms with Gasteiger partial charge in [0.1, 0.15) is 24.8 Å². The fourth-order valence-corrected chi connectivity index (χ4v) is 9.95. The molecule has 0 spiro atoms. The summed E-state index contributed by atoms with van der Waals surface area (Å²) in [7, 11) is 0. The lowest BCUT2D eigenvalue weighted by atomic mass is 9.95. The molecule has 23 heteroatoms. The highest BCUT2D eigenvalue weighted by Crippen LogP contribution is 2.42. The van der Waals surface area contributed by atoms with Crippen LogP contribution in [0.1, 0.15) is 61.4 Å². The van der Waals surface area contributed by atoms with Gasteiger partial charge in [0.25, 0.3) is 5.91 Å². The monoisotopic (exact) mass is 1150 g/mol. The normalized spacial score (nSPS) is 12.6. The quantitative estimate of drug-likeness (QED) is 0.0201. The SMILES string of the molecule is C=CCOc1ccc2c(=O)cc(-c3ccc(C(=O)NCCOCCOCCOCCOCCOCCn4nnc5c4-c4ccccc4N(C(=O)CCC(=O)NCCCCCCOP([O-])(=S)OCC)Cc4ccccc4-5)cc3)oc2c1O. The van der Waals surface area contributed by atoms with Crippen LogP contribution in [0, 0.1) is 0 Å². The van der Waals surface area contributed by atoms with Crippen LogP contribution in [0.25, 0.3) is 44.8 Å². The van der Waals surface area contributed by atoms with Gasteiger partial charge in [0.05, 0.1) is 109 Å². The molecule has 3 amide bonds. The number of rotatable bonds is 36. The van der Waals surface area contributed by atoms with Gasteiger partial charge in [-0.15, -0.1) is 5.10 Å². The minimum absolute atomic E-state index is 0.00291. The van der Waals surface area contributed by atoms with Gasteiger partial charge in [-0.2, -0.15) is 0 Å². The Labute approximate surface area is 475 Å². The highest BCUT2D eigenvalue weighted by atomic mass is 32.5. The predicted octanol–water partition coefficient (Wildman–Crippen LogP) is 7.11. The van der Waals surface area contributed by atoms with Gasteiger partial charge in [-0.1, -0.05) is 97.1 Å². The number of unbranched alkanes of at least 4 members (excludes halogenated alkanes) is 3. The summed E-state index contributed by atoms with van der Waals surface area (Å²) in [5, 5.41) is 25.8. The molecule has 21 nitrogen and oxygen atoms in total. The first-order valence-corrected chi connectivity index (χ1v) is 29.6. The Bertz CT molecular complexity index is 3120. The fourth-order valence-electron chi connectivity index (χ4n) is 8.67. The predicted molar refractivity (Wildman–Crippen MR) is 306 cm³/mol. The molecule has 1 unspecified atom stereocenters. The molecule has 434 valence electrons. The van der Waals surface area contributed by atoms with E-state index < -0.39 is 6.72 Å². The standard InChI is InChI=1S/C58H71N6O15PS/c1-3-28-76-50-22-21-47-49(65)40-51(79-57(47)56(50)68)42-17-19-43(20-18-42)58(69)60-26-30-71-32-34-73-36-38-75-39-37-74-35-33-72-31-27-64-55-46-15-9-10-16-48(46)63(41-44-13-7-8-14-45(44)54(55)61-62-64)53(67)24-23-52(66)59-25-11-5-6-12-29-78-80(70,81)77-4-2/h3,7-10,13-22,40,68H,1,4-6,11-12,23-39,41H2,2H3,(H,59,66)(H,60,69)(H,70,81)/p-1. The van der Waals surface area contributed by atoms with E-state index in [0.717, 1.165) is 41.6 Å². The topological polar surface area (TPSA) is 257 Å². The maximum atomic E-state index is 14.0. The molecule has 4 aromatic carbocycles. The molecule has 3 heterocycles. The van der Waals surface area contributed by atoms with Crippen LogP contribution < -0.4 is 30.6 Å². The van der Waals surface area contributed by atoms with Gasteiger partial charge in [-0.3, -0.25) is 19.2 Å². The number of amides is 3. The molecule has 6 aromatic rings. The maximum absolute atomic E-state index is 14.0. The second kappa shape index (κ2) is 32.7. The zero-order valence-electron chi connectivity index (χ0n) is 45.5. The number of phenols is 1. The number of ether oxygens (including phenoxy) is 6. The molecule has 0 bridgehead atoms. The summed E-state index contributed by atoms with van der Waals surface area (Å²) in [6.07, 6.45) is 4.71. The van der Waals surface area contributed by atoms with Gasteiger partial charge in [0.2, 0.25) is 17.6 Å². The van der Waals surface area contributed by atoms with Crippen LogP contribution in [-0.4, -0.2) is 137 Å². The number of anilines is 1. The summed E-state index contributed by atoms with van der Waals surface area (Å²) in [6, 6.07) is 26.4. The van der Waals surface area contributed by atoms with E-state index in [0.29, 0.717) is 108 Å². The van der Waals surface area contributed by atoms with Crippen LogP contribution in [0.3, 0.4) is 0 Å². The first-order chi connectivity index (χ1) is 39.5. The first-order valence-electron chi connectivity index (χ1n) is 27.1. The fraction of sp³-hybridized carbons (Fsp3) is 0.414. The van der Waals surface area contributed by atoms with Crippen molar-refractivity contribution in [2.24, 2.45) is 0 Å². The Kier molecular flexibility index (Phi) is 25.0. The van der Waals surface area contributed by atoms with Crippen molar-refractivity contribution in [1.29, 1.82) is 0 Å². The van der Waals surface area contributed by atoms with Crippen LogP contribution in [0.4, 0.5) is 5.69 Å². The number of benzene rings is 4. The lowest BCUT2D eigenvalue weighted by molar-refractivity contribution is -0.206. The van der Waals surface area contributed by atoms with Crippen molar-refractivity contribution in [3.63, 3.8) is 0 Å². The van der Waals surface area contributed by atoms with E-state index in [4.69, 9.17) is 53.7 Å². The minimum Gasteiger partial charge on any atom is -0.780 e. The van der Waals surface area contributed by atoms with Gasteiger partial charge in [0.15, 0.2) is 16.8 Å². The Morgan fingerprint density at radius 1 is 0.778 bits per heavy atom. The Hall–Kier alpha value is -6.69. The minimum atomic E-state index is -3.41. The molecule has 1 atom stereocenters. The number of carbonyl (C=O) groups excluding carboxylic acids is 3. The number of phenolic OH excluding ortho intramolecular Hbond substituents is 1. The number of aromatic hydroxyl groups is 1. The zero-order chi connectivity index (χ0) is 57.2. The van der Waals surface area contributed by atoms with Crippen LogP contribution in [-0.2, 0) is 67.2 Å². The maximum Gasteiger partial charge on any atom is 0.251 e. The third-order valence-electron chi connectivity index (χ3n) is 12.7. The summed E-state index contributed by atoms with van der Waals surface area (Å²) in [4.78, 5) is 66.0. The highest BCUT2D eigenvalue weighted by Gasteiger charge is 2.29. The van der Waals surface area contributed by atoms with Crippen molar-refractivity contribution in [2.75, 3.05) is 104 Å². The van der Waals surface area contributed by atoms with Gasteiger partial charge in [-0.25, -0.2) is 4.68 Å². The molecule has 81 heavy (non-hydrogen) atoms. The lowest BCUT2D eigenvalue weighted by Gasteiger charge is -2.28. The zero-order valence-corrected chi connectivity index (χ0v) is 47.2. The van der Waals surface area contributed by atoms with Crippen LogP contribution in [0.15, 0.2) is 113 Å². The van der Waals surface area contributed by atoms with Gasteiger partial charge < -0.3 is 67.4 Å². The highest BCUT2D eigenvalue weighted by molar-refractivity contribution is 8.06. The van der Waals surface area contributed by atoms with Crippen LogP contribution in [0.2, 0.25) is 0 Å². The Balaban J connectivity index is 0.733. The van der Waals surface area contributed by atoms with E-state index >= 15 is 0 Å². The second-order valence-corrected chi connectivity index (χ2v) is 21.1. The molecule has 0 fully saturated rings. The van der Waals surface area contributed by atoms with Gasteiger partial charge >= 0.3 is 0 Å². The number of fused-ring (bicyclic) bond motifs is 6. The van der Waals surface area contributed by atoms with E-state index in [2.05, 4.69) is 27.5 Å². The molecular weight excluding hydrogens is 1080 g/mol. The van der Waals surface area contributed by atoms with E-state index in [1.54, 1.807) is 40.8 Å². The third kappa shape index (κ3) is 18.7. The first kappa shape index (κ1) is 61.9. The molecule has 7 rings (SSSR count). The molecule has 1 aliphatic rings. The molecular formula is C58H70N6O15PS-. The summed E-state index contributed by atoms with van der Waals surface area (Å²) in [6.45, 7) is 7.60. The number of nitrogens with zero attached hydrogens (tertiary/aromatic N) is 4. The Morgan fingerprint density at radius 2 is 1.44 bits per heavy atom. The molecule has 0 radical (unpaired) electrons. The number of aromatic nitrogens is 3. The van der Waals surface area contributed by atoms with Crippen molar-refractivity contribution in [1.82, 2.24) is 25.6 Å². The summed E-state index contributed by atoms with van der Waals surface area (Å²) in [5.41, 5.74) is 5.35. The van der Waals surface area contributed by atoms with Gasteiger partial charge in [0, 0.05) is 54.3 Å². The molecule has 0 saturated carbocycles. The Morgan fingerprint density at radius 3 is 2.16 bits per heavy atom. The van der Waals surface area contributed by atoms with Crippen LogP contribution >= 0.6 is 6.72 Å². The summed E-state index contributed by atoms with van der Waals surface area (Å²) in [5.74, 6) is -0.562. The average molecular weight is 1150 g/mol. The molecule has 0 aliphatic carbocycles. The average Bonchev–Trinajstić information content (AvgIpc) is 4.13.